The van der Waals surface area contributed by atoms with E-state index in [1.807, 2.05) is 25.1 Å². The Morgan fingerprint density at radius 1 is 1.00 bits per heavy atom. The summed E-state index contributed by atoms with van der Waals surface area (Å²) in [5.74, 6) is 0.368. The van der Waals surface area contributed by atoms with Crippen molar-refractivity contribution in [2.45, 2.75) is 6.92 Å². The highest BCUT2D eigenvalue weighted by atomic mass is 16.8. The first kappa shape index (κ1) is 11.0. The summed E-state index contributed by atoms with van der Waals surface area (Å²) in [6, 6.07) is 7.25. The molecule has 1 aliphatic heterocycles. The van der Waals surface area contributed by atoms with Crippen LogP contribution in [0.4, 0.5) is 0 Å². The molecule has 1 N–H and O–H groups in total. The third-order valence-corrected chi connectivity index (χ3v) is 1.62. The first-order valence-corrected chi connectivity index (χ1v) is 4.28. The molecule has 0 atom stereocenters. The quantitative estimate of drug-likeness (QED) is 0.688. The maximum Gasteiger partial charge on any atom is 0.152 e. The van der Waals surface area contributed by atoms with E-state index in [2.05, 4.69) is 14.2 Å². The summed E-state index contributed by atoms with van der Waals surface area (Å²) in [4.78, 5) is 0. The predicted molar refractivity (Wildman–Crippen MR) is 50.7 cm³/mol. The molecule has 0 unspecified atom stereocenters. The fourth-order valence-electron chi connectivity index (χ4n) is 0.842. The molecule has 0 saturated carbocycles. The van der Waals surface area contributed by atoms with Crippen molar-refractivity contribution in [2.24, 2.45) is 0 Å². The Hall–Kier alpha value is -1.10. The Bertz CT molecular complexity index is 226. The Morgan fingerprint density at radius 2 is 1.50 bits per heavy atom. The number of phenolic OH excluding ortho intramolecular Hbond substituents is 1. The van der Waals surface area contributed by atoms with Crippen LogP contribution in [0.25, 0.3) is 0 Å². The number of phenols is 1. The molecule has 0 spiro atoms. The van der Waals surface area contributed by atoms with Gasteiger partial charge >= 0.3 is 0 Å². The van der Waals surface area contributed by atoms with Gasteiger partial charge in [0.15, 0.2) is 20.4 Å². The summed E-state index contributed by atoms with van der Waals surface area (Å²) in [6.45, 7) is 3.00. The molecule has 0 amide bonds. The molecule has 1 fully saturated rings. The van der Waals surface area contributed by atoms with E-state index in [1.165, 1.54) is 0 Å². The lowest BCUT2D eigenvalue weighted by molar-refractivity contribution is -0.247. The molecule has 0 bridgehead atoms. The van der Waals surface area contributed by atoms with Gasteiger partial charge in [-0.2, -0.15) is 0 Å². The van der Waals surface area contributed by atoms with Gasteiger partial charge in [0.25, 0.3) is 0 Å². The summed E-state index contributed by atoms with van der Waals surface area (Å²) < 4.78 is 13.9. The number of rotatable bonds is 0. The molecular weight excluding hydrogens is 184 g/mol. The van der Waals surface area contributed by atoms with Crippen molar-refractivity contribution in [2.75, 3.05) is 20.4 Å². The third kappa shape index (κ3) is 4.23. The minimum atomic E-state index is 0.368. The molecule has 1 aromatic carbocycles. The summed E-state index contributed by atoms with van der Waals surface area (Å²) in [6.07, 6.45) is 0. The number of hydrogen-bond donors (Lipinski definition) is 1. The number of hydrogen-bond acceptors (Lipinski definition) is 4. The average Bonchev–Trinajstić information content (AvgIpc) is 2.26. The van der Waals surface area contributed by atoms with Crippen molar-refractivity contribution in [1.82, 2.24) is 0 Å². The van der Waals surface area contributed by atoms with Crippen LogP contribution in [0.1, 0.15) is 5.56 Å². The highest BCUT2D eigenvalue weighted by molar-refractivity contribution is 5.29. The first-order valence-electron chi connectivity index (χ1n) is 4.28. The third-order valence-electron chi connectivity index (χ3n) is 1.62. The smallest absolute Gasteiger partial charge is 0.152 e. The second-order valence-electron chi connectivity index (χ2n) is 2.75. The van der Waals surface area contributed by atoms with Gasteiger partial charge < -0.3 is 19.3 Å². The standard InChI is InChI=1S/C7H8O.C3H6O3/c1-6-4-2-3-5-7(6)8;1-4-2-6-3-5-1/h2-5,8H,1H3;1-3H2. The molecule has 14 heavy (non-hydrogen) atoms. The van der Waals surface area contributed by atoms with Crippen LogP contribution < -0.4 is 0 Å². The molecule has 2 rings (SSSR count). The molecule has 1 aliphatic rings. The number of benzene rings is 1. The van der Waals surface area contributed by atoms with Gasteiger partial charge in [-0.25, -0.2) is 0 Å². The van der Waals surface area contributed by atoms with Gasteiger partial charge in [0.2, 0.25) is 0 Å². The Kier molecular flexibility index (Phi) is 4.99. The molecule has 4 heteroatoms. The van der Waals surface area contributed by atoms with E-state index < -0.39 is 0 Å². The van der Waals surface area contributed by atoms with Gasteiger partial charge in [-0.3, -0.25) is 0 Å². The van der Waals surface area contributed by atoms with Gasteiger partial charge in [0.1, 0.15) is 5.75 Å². The molecular formula is C10H14O4. The number of aromatic hydroxyl groups is 1. The first-order chi connectivity index (χ1) is 6.80. The van der Waals surface area contributed by atoms with Crippen molar-refractivity contribution in [1.29, 1.82) is 0 Å². The second kappa shape index (κ2) is 6.37. The molecule has 0 aromatic heterocycles. The normalized spacial score (nSPS) is 15.5. The van der Waals surface area contributed by atoms with Crippen LogP contribution in [0.15, 0.2) is 24.3 Å². The lowest BCUT2D eigenvalue weighted by Crippen LogP contribution is -2.14. The van der Waals surface area contributed by atoms with Crippen molar-refractivity contribution in [3.8, 4) is 5.75 Å². The molecule has 4 nitrogen and oxygen atoms in total. The zero-order valence-electron chi connectivity index (χ0n) is 8.10. The van der Waals surface area contributed by atoms with Gasteiger partial charge in [-0.05, 0) is 18.6 Å². The van der Waals surface area contributed by atoms with Crippen LogP contribution in [0.5, 0.6) is 5.75 Å². The fourth-order valence-corrected chi connectivity index (χ4v) is 0.842. The second-order valence-corrected chi connectivity index (χ2v) is 2.75. The summed E-state index contributed by atoms with van der Waals surface area (Å²) >= 11 is 0. The van der Waals surface area contributed by atoms with Crippen LogP contribution in [-0.4, -0.2) is 25.5 Å². The topological polar surface area (TPSA) is 47.9 Å². The Balaban J connectivity index is 0.000000146. The lowest BCUT2D eigenvalue weighted by Gasteiger charge is -2.10. The van der Waals surface area contributed by atoms with E-state index in [-0.39, 0.29) is 0 Å². The zero-order chi connectivity index (χ0) is 10.2. The molecule has 0 aliphatic carbocycles. The maximum absolute atomic E-state index is 8.92. The zero-order valence-corrected chi connectivity index (χ0v) is 8.10. The number of ether oxygens (including phenoxy) is 3. The van der Waals surface area contributed by atoms with Crippen LogP contribution in [0.2, 0.25) is 0 Å². The van der Waals surface area contributed by atoms with E-state index in [0.717, 1.165) is 5.56 Å². The summed E-state index contributed by atoms with van der Waals surface area (Å²) in [5.41, 5.74) is 0.924. The molecule has 1 saturated heterocycles. The monoisotopic (exact) mass is 198 g/mol. The Morgan fingerprint density at radius 3 is 1.79 bits per heavy atom. The van der Waals surface area contributed by atoms with E-state index in [9.17, 15) is 0 Å². The van der Waals surface area contributed by atoms with Crippen molar-refractivity contribution < 1.29 is 19.3 Å². The van der Waals surface area contributed by atoms with Crippen LogP contribution in [0.3, 0.4) is 0 Å². The van der Waals surface area contributed by atoms with Gasteiger partial charge in [0, 0.05) is 0 Å². The molecule has 1 heterocycles. The van der Waals surface area contributed by atoms with Gasteiger partial charge in [0.05, 0.1) is 0 Å². The minimum absolute atomic E-state index is 0.368. The van der Waals surface area contributed by atoms with Crippen LogP contribution in [-0.2, 0) is 14.2 Å². The van der Waals surface area contributed by atoms with E-state index in [0.29, 0.717) is 26.1 Å². The van der Waals surface area contributed by atoms with E-state index in [4.69, 9.17) is 5.11 Å². The van der Waals surface area contributed by atoms with Crippen molar-refractivity contribution in [3.63, 3.8) is 0 Å². The highest BCUT2D eigenvalue weighted by Crippen LogP contribution is 2.12. The number of para-hydroxylation sites is 1. The fraction of sp³-hybridized carbons (Fsp3) is 0.400. The predicted octanol–water partition coefficient (Wildman–Crippen LogP) is 1.62. The maximum atomic E-state index is 8.92. The minimum Gasteiger partial charge on any atom is -0.508 e. The molecule has 78 valence electrons. The Labute approximate surface area is 83.0 Å². The van der Waals surface area contributed by atoms with Crippen molar-refractivity contribution >= 4 is 0 Å². The SMILES string of the molecule is C1OCOCO1.Cc1ccccc1O. The van der Waals surface area contributed by atoms with E-state index in [1.54, 1.807) is 6.07 Å². The van der Waals surface area contributed by atoms with Crippen molar-refractivity contribution in [3.05, 3.63) is 29.8 Å². The molecule has 1 aromatic rings. The van der Waals surface area contributed by atoms with Crippen LogP contribution in [0, 0.1) is 6.92 Å². The summed E-state index contributed by atoms with van der Waals surface area (Å²) in [5, 5.41) is 8.92. The summed E-state index contributed by atoms with van der Waals surface area (Å²) in [7, 11) is 0. The van der Waals surface area contributed by atoms with Gasteiger partial charge in [-0.15, -0.1) is 0 Å². The van der Waals surface area contributed by atoms with Crippen LogP contribution >= 0.6 is 0 Å². The number of aryl methyl sites for hydroxylation is 1. The lowest BCUT2D eigenvalue weighted by atomic mass is 10.2. The van der Waals surface area contributed by atoms with Gasteiger partial charge in [-0.1, -0.05) is 18.2 Å². The van der Waals surface area contributed by atoms with E-state index >= 15 is 0 Å². The average molecular weight is 198 g/mol. The highest BCUT2D eigenvalue weighted by Gasteiger charge is 1.93. The largest absolute Gasteiger partial charge is 0.508 e. The molecule has 0 radical (unpaired) electrons.